The Balaban J connectivity index is 2.13. The maximum atomic E-state index is 13.0. The van der Waals surface area contributed by atoms with Crippen LogP contribution < -0.4 is 10.5 Å². The molecular weight excluding hydrogens is 271 g/mol. The second kappa shape index (κ2) is 5.32. The molecule has 0 fully saturated rings. The molecule has 2 heterocycles. The molecule has 3 rings (SSSR count). The van der Waals surface area contributed by atoms with Gasteiger partial charge in [0.15, 0.2) is 5.52 Å². The highest BCUT2D eigenvalue weighted by Gasteiger charge is 2.10. The molecule has 6 heteroatoms. The van der Waals surface area contributed by atoms with Crippen molar-refractivity contribution in [2.24, 2.45) is 0 Å². The van der Waals surface area contributed by atoms with Crippen molar-refractivity contribution in [1.29, 1.82) is 0 Å². The molecule has 0 bridgehead atoms. The molecule has 0 amide bonds. The third kappa shape index (κ3) is 2.60. The van der Waals surface area contributed by atoms with Gasteiger partial charge in [-0.05, 0) is 30.7 Å². The standard InChI is InChI=1S/C15H13FN4O/c1-2-21-14-13-12(19-15(17)20-14)7-10(8-18-13)9-3-5-11(16)6-4-9/h3-8H,2H2,1H3,(H2,17,19,20). The monoisotopic (exact) mass is 284 g/mol. The molecule has 0 saturated heterocycles. The molecule has 21 heavy (non-hydrogen) atoms. The fourth-order valence-electron chi connectivity index (χ4n) is 2.05. The Hall–Kier alpha value is -2.76. The van der Waals surface area contributed by atoms with Gasteiger partial charge >= 0.3 is 0 Å². The van der Waals surface area contributed by atoms with Gasteiger partial charge in [0.1, 0.15) is 5.82 Å². The Kier molecular flexibility index (Phi) is 3.35. The molecule has 0 aliphatic carbocycles. The number of ether oxygens (including phenoxy) is 1. The van der Waals surface area contributed by atoms with Crippen LogP contribution in [0.3, 0.4) is 0 Å². The minimum atomic E-state index is -0.280. The summed E-state index contributed by atoms with van der Waals surface area (Å²) < 4.78 is 18.4. The predicted octanol–water partition coefficient (Wildman–Crippen LogP) is 2.81. The Labute approximate surface area is 120 Å². The fourth-order valence-corrected chi connectivity index (χ4v) is 2.05. The Morgan fingerprint density at radius 2 is 1.90 bits per heavy atom. The molecule has 0 radical (unpaired) electrons. The van der Waals surface area contributed by atoms with E-state index in [1.165, 1.54) is 12.1 Å². The van der Waals surface area contributed by atoms with Gasteiger partial charge in [-0.25, -0.2) is 14.4 Å². The highest BCUT2D eigenvalue weighted by Crippen LogP contribution is 2.26. The summed E-state index contributed by atoms with van der Waals surface area (Å²) in [7, 11) is 0. The van der Waals surface area contributed by atoms with E-state index >= 15 is 0 Å². The van der Waals surface area contributed by atoms with Crippen LogP contribution in [-0.2, 0) is 0 Å². The topological polar surface area (TPSA) is 73.9 Å². The lowest BCUT2D eigenvalue weighted by molar-refractivity contribution is 0.330. The normalized spacial score (nSPS) is 10.8. The second-order valence-corrected chi connectivity index (χ2v) is 4.42. The fraction of sp³-hybridized carbons (Fsp3) is 0.133. The van der Waals surface area contributed by atoms with E-state index in [2.05, 4.69) is 15.0 Å². The molecule has 0 unspecified atom stereocenters. The molecular formula is C15H13FN4O. The third-order valence-electron chi connectivity index (χ3n) is 2.98. The van der Waals surface area contributed by atoms with Crippen LogP contribution in [0.5, 0.6) is 5.88 Å². The van der Waals surface area contributed by atoms with Crippen LogP contribution >= 0.6 is 0 Å². The van der Waals surface area contributed by atoms with Gasteiger partial charge in [0.2, 0.25) is 11.8 Å². The number of hydrogen-bond donors (Lipinski definition) is 1. The molecule has 0 atom stereocenters. The number of anilines is 1. The lowest BCUT2D eigenvalue weighted by Crippen LogP contribution is -2.02. The zero-order chi connectivity index (χ0) is 14.8. The van der Waals surface area contributed by atoms with E-state index in [0.29, 0.717) is 23.5 Å². The highest BCUT2D eigenvalue weighted by molar-refractivity contribution is 5.84. The van der Waals surface area contributed by atoms with E-state index in [1.807, 2.05) is 13.0 Å². The van der Waals surface area contributed by atoms with Crippen LogP contribution in [0.15, 0.2) is 36.5 Å². The van der Waals surface area contributed by atoms with Crippen LogP contribution in [0.25, 0.3) is 22.2 Å². The van der Waals surface area contributed by atoms with Crippen molar-refractivity contribution in [2.45, 2.75) is 6.92 Å². The molecule has 1 aromatic carbocycles. The van der Waals surface area contributed by atoms with Crippen molar-refractivity contribution in [3.63, 3.8) is 0 Å². The van der Waals surface area contributed by atoms with Crippen molar-refractivity contribution < 1.29 is 9.13 Å². The molecule has 5 nitrogen and oxygen atoms in total. The smallest absolute Gasteiger partial charge is 0.245 e. The van der Waals surface area contributed by atoms with Gasteiger partial charge in [0.05, 0.1) is 12.1 Å². The van der Waals surface area contributed by atoms with Gasteiger partial charge in [0, 0.05) is 11.8 Å². The van der Waals surface area contributed by atoms with E-state index in [-0.39, 0.29) is 11.8 Å². The number of benzene rings is 1. The first-order chi connectivity index (χ1) is 10.2. The molecule has 3 aromatic rings. The number of rotatable bonds is 3. The molecule has 0 spiro atoms. The number of pyridine rings is 1. The van der Waals surface area contributed by atoms with Crippen LogP contribution in [0.2, 0.25) is 0 Å². The van der Waals surface area contributed by atoms with Crippen molar-refractivity contribution >= 4 is 17.0 Å². The zero-order valence-corrected chi connectivity index (χ0v) is 11.4. The number of nitrogens with two attached hydrogens (primary N) is 1. The zero-order valence-electron chi connectivity index (χ0n) is 11.4. The minimum absolute atomic E-state index is 0.129. The molecule has 0 aliphatic rings. The Bertz CT molecular complexity index is 790. The summed E-state index contributed by atoms with van der Waals surface area (Å²) in [5.74, 6) is 0.215. The van der Waals surface area contributed by atoms with Gasteiger partial charge < -0.3 is 10.5 Å². The van der Waals surface area contributed by atoms with E-state index in [1.54, 1.807) is 18.3 Å². The first-order valence-electron chi connectivity index (χ1n) is 6.49. The van der Waals surface area contributed by atoms with E-state index < -0.39 is 0 Å². The van der Waals surface area contributed by atoms with Crippen LogP contribution in [-0.4, -0.2) is 21.6 Å². The number of aromatic nitrogens is 3. The van der Waals surface area contributed by atoms with Crippen LogP contribution in [0.4, 0.5) is 10.3 Å². The lowest BCUT2D eigenvalue weighted by atomic mass is 10.1. The van der Waals surface area contributed by atoms with Crippen molar-refractivity contribution in [2.75, 3.05) is 12.3 Å². The van der Waals surface area contributed by atoms with Gasteiger partial charge in [0.25, 0.3) is 0 Å². The summed E-state index contributed by atoms with van der Waals surface area (Å²) >= 11 is 0. The maximum absolute atomic E-state index is 13.0. The second-order valence-electron chi connectivity index (χ2n) is 4.42. The van der Waals surface area contributed by atoms with E-state index in [9.17, 15) is 4.39 Å². The average Bonchev–Trinajstić information content (AvgIpc) is 2.47. The summed E-state index contributed by atoms with van der Waals surface area (Å²) in [6.07, 6.45) is 1.68. The molecule has 2 N–H and O–H groups in total. The molecule has 0 saturated carbocycles. The van der Waals surface area contributed by atoms with Crippen molar-refractivity contribution in [1.82, 2.24) is 15.0 Å². The van der Waals surface area contributed by atoms with E-state index in [4.69, 9.17) is 10.5 Å². The quantitative estimate of drug-likeness (QED) is 0.800. The first kappa shape index (κ1) is 13.2. The van der Waals surface area contributed by atoms with Crippen molar-refractivity contribution in [3.05, 3.63) is 42.3 Å². The molecule has 2 aromatic heterocycles. The summed E-state index contributed by atoms with van der Waals surface area (Å²) in [6.45, 7) is 2.32. The third-order valence-corrected chi connectivity index (χ3v) is 2.98. The van der Waals surface area contributed by atoms with Gasteiger partial charge in [-0.2, -0.15) is 4.98 Å². The largest absolute Gasteiger partial charge is 0.476 e. The number of hydrogen-bond acceptors (Lipinski definition) is 5. The SMILES string of the molecule is CCOc1nc(N)nc2cc(-c3ccc(F)cc3)cnc12. The van der Waals surface area contributed by atoms with E-state index in [0.717, 1.165) is 11.1 Å². The Morgan fingerprint density at radius 3 is 2.62 bits per heavy atom. The summed E-state index contributed by atoms with van der Waals surface area (Å²) in [5, 5.41) is 0. The number of nitrogen functional groups attached to an aromatic ring is 1. The van der Waals surface area contributed by atoms with Gasteiger partial charge in [-0.1, -0.05) is 12.1 Å². The highest BCUT2D eigenvalue weighted by atomic mass is 19.1. The van der Waals surface area contributed by atoms with Crippen LogP contribution in [0.1, 0.15) is 6.92 Å². The van der Waals surface area contributed by atoms with Crippen molar-refractivity contribution in [3.8, 4) is 17.0 Å². The summed E-state index contributed by atoms with van der Waals surface area (Å²) in [4.78, 5) is 12.6. The Morgan fingerprint density at radius 1 is 1.14 bits per heavy atom. The van der Waals surface area contributed by atoms with Gasteiger partial charge in [-0.15, -0.1) is 0 Å². The molecule has 0 aliphatic heterocycles. The van der Waals surface area contributed by atoms with Crippen LogP contribution in [0, 0.1) is 5.82 Å². The summed E-state index contributed by atoms with van der Waals surface area (Å²) in [6, 6.07) is 8.01. The summed E-state index contributed by atoms with van der Waals surface area (Å²) in [5.41, 5.74) is 8.50. The lowest BCUT2D eigenvalue weighted by Gasteiger charge is -2.08. The maximum Gasteiger partial charge on any atom is 0.245 e. The van der Waals surface area contributed by atoms with Gasteiger partial charge in [-0.3, -0.25) is 0 Å². The number of nitrogens with zero attached hydrogens (tertiary/aromatic N) is 3. The minimum Gasteiger partial charge on any atom is -0.476 e. The average molecular weight is 284 g/mol. The first-order valence-corrected chi connectivity index (χ1v) is 6.49. The number of fused-ring (bicyclic) bond motifs is 1. The predicted molar refractivity (Wildman–Crippen MR) is 78.3 cm³/mol. The molecule has 106 valence electrons. The number of halogens is 1.